The van der Waals surface area contributed by atoms with Crippen molar-refractivity contribution in [3.63, 3.8) is 0 Å². The molecule has 2 aliphatic heterocycles. The maximum atomic E-state index is 13.3. The molecular formula is C18H17ClFNO3S. The fourth-order valence-corrected chi connectivity index (χ4v) is 5.24. The summed E-state index contributed by atoms with van der Waals surface area (Å²) in [5.41, 5.74) is 2.32. The minimum absolute atomic E-state index is 0.0295. The summed E-state index contributed by atoms with van der Waals surface area (Å²) in [7, 11) is -3.67. The largest absolute Gasteiger partial charge is 0.493 e. The SMILES string of the molecule is O=S(=O)(c1ccc(F)c(Cl)c1)N1CC[C@@H](c2ccc3c(c2)CCO3)C1. The van der Waals surface area contributed by atoms with Gasteiger partial charge in [0.1, 0.15) is 11.6 Å². The quantitative estimate of drug-likeness (QED) is 0.816. The summed E-state index contributed by atoms with van der Waals surface area (Å²) in [6.45, 7) is 1.56. The van der Waals surface area contributed by atoms with Crippen LogP contribution >= 0.6 is 11.6 Å². The number of hydrogen-bond acceptors (Lipinski definition) is 3. The third kappa shape index (κ3) is 3.03. The molecule has 0 saturated carbocycles. The van der Waals surface area contributed by atoms with Gasteiger partial charge in [-0.15, -0.1) is 0 Å². The second kappa shape index (κ2) is 6.27. The van der Waals surface area contributed by atoms with Crippen LogP contribution in [0, 0.1) is 5.82 Å². The minimum Gasteiger partial charge on any atom is -0.493 e. The van der Waals surface area contributed by atoms with E-state index >= 15 is 0 Å². The van der Waals surface area contributed by atoms with E-state index in [1.165, 1.54) is 22.0 Å². The lowest BCUT2D eigenvalue weighted by Gasteiger charge is -2.17. The van der Waals surface area contributed by atoms with Crippen LogP contribution < -0.4 is 4.74 Å². The van der Waals surface area contributed by atoms with Gasteiger partial charge >= 0.3 is 0 Å². The standard InChI is InChI=1S/C18H17ClFNO3S/c19-16-10-15(2-3-17(16)20)25(22,23)21-7-5-14(11-21)12-1-4-18-13(9-12)6-8-24-18/h1-4,9-10,14H,5-8,11H2/t14-/m1/s1. The highest BCUT2D eigenvalue weighted by molar-refractivity contribution is 7.89. The minimum atomic E-state index is -3.67. The Balaban J connectivity index is 1.56. The number of ether oxygens (including phenoxy) is 1. The van der Waals surface area contributed by atoms with Gasteiger partial charge in [0.25, 0.3) is 0 Å². The van der Waals surface area contributed by atoms with Gasteiger partial charge in [0.2, 0.25) is 10.0 Å². The van der Waals surface area contributed by atoms with Crippen molar-refractivity contribution in [1.82, 2.24) is 4.31 Å². The van der Waals surface area contributed by atoms with Crippen molar-refractivity contribution < 1.29 is 17.5 Å². The zero-order valence-electron chi connectivity index (χ0n) is 13.4. The second-order valence-electron chi connectivity index (χ2n) is 6.39. The molecule has 0 radical (unpaired) electrons. The summed E-state index contributed by atoms with van der Waals surface area (Å²) in [4.78, 5) is 0.0295. The molecule has 7 heteroatoms. The zero-order valence-corrected chi connectivity index (χ0v) is 15.0. The Bertz CT molecular complexity index is 932. The predicted octanol–water partition coefficient (Wildman–Crippen LogP) is 3.59. The molecule has 1 atom stereocenters. The first-order valence-corrected chi connectivity index (χ1v) is 9.98. The number of nitrogens with zero attached hydrogens (tertiary/aromatic N) is 1. The topological polar surface area (TPSA) is 46.6 Å². The fourth-order valence-electron chi connectivity index (χ4n) is 3.47. The summed E-state index contributed by atoms with van der Waals surface area (Å²) in [6, 6.07) is 9.62. The third-order valence-corrected chi connectivity index (χ3v) is 7.02. The molecule has 0 aliphatic carbocycles. The molecule has 1 fully saturated rings. The molecule has 2 aromatic carbocycles. The van der Waals surface area contributed by atoms with Crippen LogP contribution in [-0.4, -0.2) is 32.4 Å². The van der Waals surface area contributed by atoms with Gasteiger partial charge in [0.15, 0.2) is 0 Å². The third-order valence-electron chi connectivity index (χ3n) is 4.86. The lowest BCUT2D eigenvalue weighted by molar-refractivity contribution is 0.357. The van der Waals surface area contributed by atoms with Crippen LogP contribution in [-0.2, 0) is 16.4 Å². The van der Waals surface area contributed by atoms with E-state index in [0.717, 1.165) is 30.2 Å². The molecule has 4 rings (SSSR count). The van der Waals surface area contributed by atoms with Crippen molar-refractivity contribution in [2.75, 3.05) is 19.7 Å². The lowest BCUT2D eigenvalue weighted by atomic mass is 9.96. The number of rotatable bonds is 3. The maximum Gasteiger partial charge on any atom is 0.243 e. The highest BCUT2D eigenvalue weighted by Crippen LogP contribution is 2.35. The van der Waals surface area contributed by atoms with Gasteiger partial charge in [-0.25, -0.2) is 12.8 Å². The van der Waals surface area contributed by atoms with E-state index in [9.17, 15) is 12.8 Å². The molecule has 0 amide bonds. The molecule has 25 heavy (non-hydrogen) atoms. The van der Waals surface area contributed by atoms with Crippen molar-refractivity contribution in [3.05, 3.63) is 58.4 Å². The number of hydrogen-bond donors (Lipinski definition) is 0. The van der Waals surface area contributed by atoms with Crippen LogP contribution in [0.25, 0.3) is 0 Å². The van der Waals surface area contributed by atoms with Crippen molar-refractivity contribution >= 4 is 21.6 Å². The first-order valence-electron chi connectivity index (χ1n) is 8.16. The van der Waals surface area contributed by atoms with Crippen molar-refractivity contribution in [2.24, 2.45) is 0 Å². The van der Waals surface area contributed by atoms with Crippen LogP contribution in [0.15, 0.2) is 41.3 Å². The molecule has 132 valence electrons. The lowest BCUT2D eigenvalue weighted by Crippen LogP contribution is -2.28. The van der Waals surface area contributed by atoms with Crippen LogP contribution in [0.3, 0.4) is 0 Å². The fraction of sp³-hybridized carbons (Fsp3) is 0.333. The number of sulfonamides is 1. The molecule has 2 aliphatic rings. The molecule has 4 nitrogen and oxygen atoms in total. The molecule has 0 unspecified atom stereocenters. The number of halogens is 2. The van der Waals surface area contributed by atoms with Crippen LogP contribution in [0.1, 0.15) is 23.5 Å². The second-order valence-corrected chi connectivity index (χ2v) is 8.74. The van der Waals surface area contributed by atoms with E-state index in [4.69, 9.17) is 16.3 Å². The average molecular weight is 382 g/mol. The van der Waals surface area contributed by atoms with Crippen LogP contribution in [0.4, 0.5) is 4.39 Å². The van der Waals surface area contributed by atoms with E-state index in [1.807, 2.05) is 12.1 Å². The van der Waals surface area contributed by atoms with Gasteiger partial charge in [-0.05, 0) is 47.7 Å². The molecule has 2 heterocycles. The van der Waals surface area contributed by atoms with Crippen molar-refractivity contribution in [3.8, 4) is 5.75 Å². The van der Waals surface area contributed by atoms with Gasteiger partial charge in [0, 0.05) is 19.5 Å². The van der Waals surface area contributed by atoms with Crippen LogP contribution in [0.5, 0.6) is 5.75 Å². The molecule has 2 aromatic rings. The summed E-state index contributed by atoms with van der Waals surface area (Å²) in [5, 5.41) is -0.185. The Morgan fingerprint density at radius 1 is 1.20 bits per heavy atom. The highest BCUT2D eigenvalue weighted by atomic mass is 35.5. The first-order chi connectivity index (χ1) is 11.9. The first kappa shape index (κ1) is 16.8. The maximum absolute atomic E-state index is 13.3. The van der Waals surface area contributed by atoms with Gasteiger partial charge in [0.05, 0.1) is 16.5 Å². The predicted molar refractivity (Wildman–Crippen MR) is 93.2 cm³/mol. The Kier molecular flexibility index (Phi) is 4.22. The summed E-state index contributed by atoms with van der Waals surface area (Å²) in [5.74, 6) is 0.448. The molecule has 1 saturated heterocycles. The smallest absolute Gasteiger partial charge is 0.243 e. The zero-order chi connectivity index (χ0) is 17.6. The number of fused-ring (bicyclic) bond motifs is 1. The van der Waals surface area contributed by atoms with E-state index in [0.29, 0.717) is 19.7 Å². The van der Waals surface area contributed by atoms with Gasteiger partial charge in [-0.1, -0.05) is 23.7 Å². The normalized spacial score (nSPS) is 20.5. The van der Waals surface area contributed by atoms with Gasteiger partial charge in [-0.3, -0.25) is 0 Å². The molecule has 0 aromatic heterocycles. The molecule has 0 bridgehead atoms. The molecular weight excluding hydrogens is 365 g/mol. The Morgan fingerprint density at radius 3 is 2.84 bits per heavy atom. The molecule has 0 N–H and O–H groups in total. The van der Waals surface area contributed by atoms with Crippen LogP contribution in [0.2, 0.25) is 5.02 Å². The Labute approximate surface area is 151 Å². The summed E-state index contributed by atoms with van der Waals surface area (Å²) < 4.78 is 45.8. The monoisotopic (exact) mass is 381 g/mol. The Morgan fingerprint density at radius 2 is 2.04 bits per heavy atom. The summed E-state index contributed by atoms with van der Waals surface area (Å²) >= 11 is 5.74. The average Bonchev–Trinajstić information content (AvgIpc) is 3.25. The van der Waals surface area contributed by atoms with E-state index in [2.05, 4.69) is 6.07 Å². The Hall–Kier alpha value is -1.63. The summed E-state index contributed by atoms with van der Waals surface area (Å²) in [6.07, 6.45) is 1.65. The van der Waals surface area contributed by atoms with Gasteiger partial charge < -0.3 is 4.74 Å². The van der Waals surface area contributed by atoms with E-state index in [1.54, 1.807) is 0 Å². The van der Waals surface area contributed by atoms with Crippen molar-refractivity contribution in [2.45, 2.75) is 23.7 Å². The van der Waals surface area contributed by atoms with Gasteiger partial charge in [-0.2, -0.15) is 4.31 Å². The van der Waals surface area contributed by atoms with E-state index < -0.39 is 15.8 Å². The molecule has 0 spiro atoms. The van der Waals surface area contributed by atoms with E-state index in [-0.39, 0.29) is 15.8 Å². The van der Waals surface area contributed by atoms with Crippen molar-refractivity contribution in [1.29, 1.82) is 0 Å². The highest BCUT2D eigenvalue weighted by Gasteiger charge is 2.34. The number of benzene rings is 2.